The highest BCUT2D eigenvalue weighted by atomic mass is 35.5. The summed E-state index contributed by atoms with van der Waals surface area (Å²) in [6, 6.07) is 26.1. The van der Waals surface area contributed by atoms with Crippen molar-refractivity contribution < 1.29 is 19.3 Å². The summed E-state index contributed by atoms with van der Waals surface area (Å²) in [5.74, 6) is -0.949. The van der Waals surface area contributed by atoms with Gasteiger partial charge >= 0.3 is 6.03 Å². The molecule has 3 amide bonds. The lowest BCUT2D eigenvalue weighted by molar-refractivity contribution is -0.383. The Morgan fingerprint density at radius 1 is 0.976 bits per heavy atom. The molecule has 4 aromatic carbocycles. The fourth-order valence-electron chi connectivity index (χ4n) is 4.67. The van der Waals surface area contributed by atoms with Crippen molar-refractivity contribution in [3.8, 4) is 0 Å². The number of rotatable bonds is 7. The number of nitrogens with one attached hydrogen (secondary N) is 2. The molecule has 1 aliphatic rings. The van der Waals surface area contributed by atoms with Crippen LogP contribution in [0.25, 0.3) is 0 Å². The van der Waals surface area contributed by atoms with Gasteiger partial charge in [-0.2, -0.15) is 0 Å². The van der Waals surface area contributed by atoms with Crippen molar-refractivity contribution in [3.63, 3.8) is 0 Å². The summed E-state index contributed by atoms with van der Waals surface area (Å²) in [6.45, 7) is 1.51. The molecule has 210 valence electrons. The maximum Gasteiger partial charge on any atom is 0.321 e. The van der Waals surface area contributed by atoms with Crippen LogP contribution < -0.4 is 15.5 Å². The molecule has 0 saturated heterocycles. The molecule has 2 N–H and O–H groups in total. The minimum absolute atomic E-state index is 0.120. The van der Waals surface area contributed by atoms with Gasteiger partial charge in [-0.05, 0) is 30.7 Å². The molecule has 0 unspecified atom stereocenters. The van der Waals surface area contributed by atoms with Crippen molar-refractivity contribution in [2.45, 2.75) is 13.1 Å². The maximum atomic E-state index is 14.0. The van der Waals surface area contributed by atoms with Gasteiger partial charge in [0.2, 0.25) is 6.17 Å². The number of hydrogen-bond acceptors (Lipinski definition) is 6. The molecule has 5 rings (SSSR count). The van der Waals surface area contributed by atoms with Crippen molar-refractivity contribution >= 4 is 52.1 Å². The third-order valence-electron chi connectivity index (χ3n) is 6.68. The number of carbonyl (C=O) groups is 3. The van der Waals surface area contributed by atoms with E-state index in [9.17, 15) is 24.5 Å². The summed E-state index contributed by atoms with van der Waals surface area (Å²) < 4.78 is 0. The molecule has 1 aliphatic heterocycles. The number of para-hydroxylation sites is 1. The van der Waals surface area contributed by atoms with E-state index in [0.29, 0.717) is 28.1 Å². The van der Waals surface area contributed by atoms with Gasteiger partial charge in [-0.1, -0.05) is 84.4 Å². The number of benzene rings is 4. The zero-order chi connectivity index (χ0) is 29.8. The molecule has 11 heteroatoms. The average Bonchev–Trinajstić information content (AvgIpc) is 3.09. The number of ketones is 1. The molecule has 0 saturated carbocycles. The second-order valence-corrected chi connectivity index (χ2v) is 9.88. The van der Waals surface area contributed by atoms with Gasteiger partial charge < -0.3 is 15.5 Å². The van der Waals surface area contributed by atoms with Gasteiger partial charge in [0.05, 0.1) is 22.9 Å². The first-order valence-electron chi connectivity index (χ1n) is 12.9. The summed E-state index contributed by atoms with van der Waals surface area (Å²) in [4.78, 5) is 57.4. The number of nitro benzene ring substituents is 1. The molecule has 0 bridgehead atoms. The van der Waals surface area contributed by atoms with Crippen LogP contribution in [0.15, 0.2) is 102 Å². The fourth-order valence-corrected chi connectivity index (χ4v) is 4.84. The summed E-state index contributed by atoms with van der Waals surface area (Å²) >= 11 is 5.89. The largest absolute Gasteiger partial charge is 0.321 e. The molecule has 42 heavy (non-hydrogen) atoms. The van der Waals surface area contributed by atoms with E-state index in [1.54, 1.807) is 36.4 Å². The Labute approximate surface area is 245 Å². The molecule has 0 fully saturated rings. The number of nitrogens with zero attached hydrogens (tertiary/aromatic N) is 3. The van der Waals surface area contributed by atoms with Gasteiger partial charge in [-0.25, -0.2) is 9.79 Å². The van der Waals surface area contributed by atoms with Gasteiger partial charge in [0.25, 0.3) is 11.6 Å². The number of anilines is 2. The van der Waals surface area contributed by atoms with Gasteiger partial charge in [0.1, 0.15) is 5.69 Å². The summed E-state index contributed by atoms with van der Waals surface area (Å²) in [5.41, 5.74) is 2.84. The van der Waals surface area contributed by atoms with E-state index < -0.39 is 28.7 Å². The van der Waals surface area contributed by atoms with Gasteiger partial charge in [0, 0.05) is 27.8 Å². The van der Waals surface area contributed by atoms with E-state index in [1.807, 2.05) is 49.4 Å². The monoisotopic (exact) mass is 581 g/mol. The standard InChI is InChI=1S/C31H24ClN5O5/c1-19-9-5-6-12-22(19)27(38)18-36-25-14-8-7-13-23(25)28(20-10-3-2-4-11-20)34-29(30(36)39)35-31(40)33-24-16-15-21(32)17-26(24)37(41)42/h2-17,29H,18H2,1H3,(H2,33,35,40)/t29-/m0/s1. The minimum atomic E-state index is -1.47. The molecule has 1 heterocycles. The number of aliphatic imine (C=N–C) groups is 1. The van der Waals surface area contributed by atoms with E-state index in [2.05, 4.69) is 15.6 Å². The van der Waals surface area contributed by atoms with Crippen LogP contribution in [0.3, 0.4) is 0 Å². The third-order valence-corrected chi connectivity index (χ3v) is 6.91. The highest BCUT2D eigenvalue weighted by molar-refractivity contribution is 6.31. The smallest absolute Gasteiger partial charge is 0.308 e. The first kappa shape index (κ1) is 28.2. The van der Waals surface area contributed by atoms with Crippen molar-refractivity contribution in [3.05, 3.63) is 134 Å². The lowest BCUT2D eigenvalue weighted by Crippen LogP contribution is -2.50. The topological polar surface area (TPSA) is 134 Å². The Kier molecular flexibility index (Phi) is 8.07. The minimum Gasteiger partial charge on any atom is -0.308 e. The number of halogens is 1. The molecule has 0 spiro atoms. The van der Waals surface area contributed by atoms with Crippen LogP contribution in [0.2, 0.25) is 5.02 Å². The first-order chi connectivity index (χ1) is 20.2. The van der Waals surface area contributed by atoms with Crippen molar-refractivity contribution in [2.24, 2.45) is 4.99 Å². The van der Waals surface area contributed by atoms with Crippen LogP contribution in [-0.2, 0) is 4.79 Å². The maximum absolute atomic E-state index is 14.0. The molecule has 0 aromatic heterocycles. The molecule has 0 radical (unpaired) electrons. The Bertz CT molecular complexity index is 1740. The van der Waals surface area contributed by atoms with E-state index >= 15 is 0 Å². The number of aryl methyl sites for hydroxylation is 1. The zero-order valence-corrected chi connectivity index (χ0v) is 23.0. The number of carbonyl (C=O) groups excluding carboxylic acids is 3. The normalized spacial score (nSPS) is 14.3. The molecule has 10 nitrogen and oxygen atoms in total. The third kappa shape index (κ3) is 5.89. The van der Waals surface area contributed by atoms with E-state index in [0.717, 1.165) is 11.6 Å². The van der Waals surface area contributed by atoms with Crippen LogP contribution in [-0.4, -0.2) is 41.1 Å². The van der Waals surface area contributed by atoms with Crippen LogP contribution in [0.5, 0.6) is 0 Å². The number of Topliss-reactive ketones (excluding diaryl/α,β-unsaturated/α-hetero) is 1. The van der Waals surface area contributed by atoms with Crippen LogP contribution >= 0.6 is 11.6 Å². The highest BCUT2D eigenvalue weighted by Crippen LogP contribution is 2.30. The summed E-state index contributed by atoms with van der Waals surface area (Å²) in [6.07, 6.45) is -1.47. The highest BCUT2D eigenvalue weighted by Gasteiger charge is 2.34. The van der Waals surface area contributed by atoms with Gasteiger partial charge in [0.15, 0.2) is 5.78 Å². The van der Waals surface area contributed by atoms with Crippen LogP contribution in [0.4, 0.5) is 21.9 Å². The lowest BCUT2D eigenvalue weighted by atomic mass is 9.99. The van der Waals surface area contributed by atoms with Gasteiger partial charge in [-0.15, -0.1) is 0 Å². The number of amides is 3. The van der Waals surface area contributed by atoms with E-state index in [1.165, 1.54) is 17.0 Å². The first-order valence-corrected chi connectivity index (χ1v) is 13.2. The Morgan fingerprint density at radius 3 is 2.40 bits per heavy atom. The number of urea groups is 1. The second-order valence-electron chi connectivity index (χ2n) is 9.44. The SMILES string of the molecule is Cc1ccccc1C(=O)CN1C(=O)[C@H](NC(=O)Nc2ccc(Cl)cc2[N+](=O)[O-])N=C(c2ccccc2)c2ccccc21. The van der Waals surface area contributed by atoms with Crippen molar-refractivity contribution in [2.75, 3.05) is 16.8 Å². The average molecular weight is 582 g/mol. The fraction of sp³-hybridized carbons (Fsp3) is 0.0968. The summed E-state index contributed by atoms with van der Waals surface area (Å²) in [5, 5.41) is 16.6. The molecular formula is C31H24ClN5O5. The summed E-state index contributed by atoms with van der Waals surface area (Å²) in [7, 11) is 0. The molecule has 1 atom stereocenters. The Balaban J connectivity index is 1.54. The van der Waals surface area contributed by atoms with E-state index in [-0.39, 0.29) is 23.0 Å². The molecule has 4 aromatic rings. The van der Waals surface area contributed by atoms with Crippen LogP contribution in [0, 0.1) is 17.0 Å². The number of benzodiazepines with no additional fused rings is 1. The molecular weight excluding hydrogens is 558 g/mol. The lowest BCUT2D eigenvalue weighted by Gasteiger charge is -2.25. The van der Waals surface area contributed by atoms with E-state index in [4.69, 9.17) is 11.6 Å². The second kappa shape index (κ2) is 12.0. The number of fused-ring (bicyclic) bond motifs is 1. The molecule has 0 aliphatic carbocycles. The predicted molar refractivity (Wildman–Crippen MR) is 160 cm³/mol. The predicted octanol–water partition coefficient (Wildman–Crippen LogP) is 5.77. The quantitative estimate of drug-likeness (QED) is 0.162. The number of hydrogen-bond donors (Lipinski definition) is 2. The zero-order valence-electron chi connectivity index (χ0n) is 22.3. The van der Waals surface area contributed by atoms with Crippen molar-refractivity contribution in [1.29, 1.82) is 0 Å². The van der Waals surface area contributed by atoms with Crippen molar-refractivity contribution in [1.82, 2.24) is 5.32 Å². The number of nitro groups is 1. The van der Waals surface area contributed by atoms with Crippen LogP contribution in [0.1, 0.15) is 27.0 Å². The Morgan fingerprint density at radius 2 is 1.67 bits per heavy atom. The van der Waals surface area contributed by atoms with Gasteiger partial charge in [-0.3, -0.25) is 19.7 Å². The Hall–Kier alpha value is -5.35.